The van der Waals surface area contributed by atoms with Crippen LogP contribution in [0.2, 0.25) is 0 Å². The summed E-state index contributed by atoms with van der Waals surface area (Å²) in [6, 6.07) is 6.02. The van der Waals surface area contributed by atoms with Crippen molar-refractivity contribution in [1.29, 1.82) is 0 Å². The van der Waals surface area contributed by atoms with E-state index in [9.17, 15) is 9.90 Å². The first kappa shape index (κ1) is 16.6. The molecule has 0 radical (unpaired) electrons. The third kappa shape index (κ3) is 3.35. The normalized spacial score (nSPS) is 20.4. The van der Waals surface area contributed by atoms with E-state index in [0.717, 1.165) is 37.1 Å². The number of carboxylic acids is 1. The molecule has 1 saturated heterocycles. The molecular formula is C17H25NO4. The highest BCUT2D eigenvalue weighted by molar-refractivity contribution is 5.70. The summed E-state index contributed by atoms with van der Waals surface area (Å²) in [6.45, 7) is 3.63. The van der Waals surface area contributed by atoms with Crippen LogP contribution < -0.4 is 9.47 Å². The smallest absolute Gasteiger partial charge is 0.307 e. The predicted octanol–water partition coefficient (Wildman–Crippen LogP) is 2.95. The van der Waals surface area contributed by atoms with E-state index in [2.05, 4.69) is 11.8 Å². The second-order valence-corrected chi connectivity index (χ2v) is 5.68. The number of hydrogen-bond acceptors (Lipinski definition) is 4. The number of carbonyl (C=O) groups is 1. The van der Waals surface area contributed by atoms with Crippen LogP contribution in [-0.2, 0) is 4.79 Å². The Morgan fingerprint density at radius 2 is 2.18 bits per heavy atom. The van der Waals surface area contributed by atoms with Crippen LogP contribution in [0.1, 0.15) is 37.8 Å². The lowest BCUT2D eigenvalue weighted by molar-refractivity contribution is -0.144. The van der Waals surface area contributed by atoms with E-state index in [4.69, 9.17) is 9.47 Å². The van der Waals surface area contributed by atoms with Gasteiger partial charge in [0, 0.05) is 18.2 Å². The van der Waals surface area contributed by atoms with Crippen molar-refractivity contribution >= 4 is 5.97 Å². The summed E-state index contributed by atoms with van der Waals surface area (Å²) >= 11 is 0. The van der Waals surface area contributed by atoms with Gasteiger partial charge in [-0.2, -0.15) is 0 Å². The predicted molar refractivity (Wildman–Crippen MR) is 84.5 cm³/mol. The van der Waals surface area contributed by atoms with Crippen LogP contribution >= 0.6 is 0 Å². The fourth-order valence-corrected chi connectivity index (χ4v) is 3.34. The van der Waals surface area contributed by atoms with E-state index in [1.807, 2.05) is 18.2 Å². The van der Waals surface area contributed by atoms with Gasteiger partial charge in [-0.05, 0) is 31.9 Å². The summed E-state index contributed by atoms with van der Waals surface area (Å²) in [5, 5.41) is 9.29. The molecule has 1 fully saturated rings. The van der Waals surface area contributed by atoms with Crippen molar-refractivity contribution in [2.75, 3.05) is 27.3 Å². The number of rotatable bonds is 6. The van der Waals surface area contributed by atoms with Crippen molar-refractivity contribution in [2.45, 2.75) is 32.2 Å². The third-order valence-electron chi connectivity index (χ3n) is 4.42. The van der Waals surface area contributed by atoms with Gasteiger partial charge in [0.05, 0.1) is 20.1 Å². The van der Waals surface area contributed by atoms with Crippen LogP contribution in [0.4, 0.5) is 0 Å². The summed E-state index contributed by atoms with van der Waals surface area (Å²) in [4.78, 5) is 13.6. The van der Waals surface area contributed by atoms with Gasteiger partial charge in [0.15, 0.2) is 11.5 Å². The molecule has 0 spiro atoms. The minimum absolute atomic E-state index is 0.146. The van der Waals surface area contributed by atoms with Gasteiger partial charge < -0.3 is 14.6 Å². The average molecular weight is 307 g/mol. The standard InChI is InChI=1S/C17H25NO4/c1-4-14(18-10-6-7-12(11-18)17(19)20)13-8-5-9-15(21-2)16(13)22-3/h5,8-9,12,14H,4,6-7,10-11H2,1-3H3,(H,19,20). The first-order valence-corrected chi connectivity index (χ1v) is 7.80. The number of hydrogen-bond donors (Lipinski definition) is 1. The second kappa shape index (κ2) is 7.49. The number of para-hydroxylation sites is 1. The number of piperidine rings is 1. The van der Waals surface area contributed by atoms with Gasteiger partial charge >= 0.3 is 5.97 Å². The van der Waals surface area contributed by atoms with Crippen molar-refractivity contribution in [3.63, 3.8) is 0 Å². The zero-order valence-electron chi connectivity index (χ0n) is 13.5. The van der Waals surface area contributed by atoms with Crippen LogP contribution in [0.3, 0.4) is 0 Å². The van der Waals surface area contributed by atoms with Gasteiger partial charge in [-0.25, -0.2) is 0 Å². The van der Waals surface area contributed by atoms with Crippen LogP contribution in [-0.4, -0.2) is 43.3 Å². The number of nitrogens with zero attached hydrogens (tertiary/aromatic N) is 1. The molecule has 1 heterocycles. The van der Waals surface area contributed by atoms with E-state index in [1.165, 1.54) is 0 Å². The Hall–Kier alpha value is -1.75. The maximum Gasteiger partial charge on any atom is 0.307 e. The molecule has 1 aliphatic heterocycles. The monoisotopic (exact) mass is 307 g/mol. The van der Waals surface area contributed by atoms with Gasteiger partial charge in [-0.1, -0.05) is 19.1 Å². The van der Waals surface area contributed by atoms with Crippen LogP contribution in [0.15, 0.2) is 18.2 Å². The minimum Gasteiger partial charge on any atom is -0.493 e. The topological polar surface area (TPSA) is 59.0 Å². The number of benzene rings is 1. The Bertz CT molecular complexity index is 517. The van der Waals surface area contributed by atoms with Crippen molar-refractivity contribution < 1.29 is 19.4 Å². The zero-order valence-corrected chi connectivity index (χ0v) is 13.5. The van der Waals surface area contributed by atoms with Crippen molar-refractivity contribution in [2.24, 2.45) is 5.92 Å². The average Bonchev–Trinajstić information content (AvgIpc) is 2.55. The number of aliphatic carboxylic acids is 1. The van der Waals surface area contributed by atoms with Gasteiger partial charge in [-0.3, -0.25) is 9.69 Å². The first-order chi connectivity index (χ1) is 10.6. The van der Waals surface area contributed by atoms with Gasteiger partial charge in [-0.15, -0.1) is 0 Å². The highest BCUT2D eigenvalue weighted by atomic mass is 16.5. The molecule has 0 saturated carbocycles. The molecule has 1 aromatic rings. The minimum atomic E-state index is -0.697. The molecule has 2 unspecified atom stereocenters. The quantitative estimate of drug-likeness (QED) is 0.875. The van der Waals surface area contributed by atoms with E-state index in [1.54, 1.807) is 14.2 Å². The fourth-order valence-electron chi connectivity index (χ4n) is 3.34. The van der Waals surface area contributed by atoms with Gasteiger partial charge in [0.1, 0.15) is 0 Å². The van der Waals surface area contributed by atoms with E-state index in [0.29, 0.717) is 12.3 Å². The second-order valence-electron chi connectivity index (χ2n) is 5.68. The number of carboxylic acid groups (broad SMARTS) is 1. The molecule has 122 valence electrons. The number of ether oxygens (including phenoxy) is 2. The maximum absolute atomic E-state index is 11.3. The Morgan fingerprint density at radius 1 is 1.41 bits per heavy atom. The van der Waals surface area contributed by atoms with Crippen LogP contribution in [0, 0.1) is 5.92 Å². The summed E-state index contributed by atoms with van der Waals surface area (Å²) in [6.07, 6.45) is 2.58. The molecule has 0 amide bonds. The highest BCUT2D eigenvalue weighted by Crippen LogP contribution is 2.39. The van der Waals surface area contributed by atoms with Crippen LogP contribution in [0.25, 0.3) is 0 Å². The lowest BCUT2D eigenvalue weighted by atomic mass is 9.93. The van der Waals surface area contributed by atoms with Crippen LogP contribution in [0.5, 0.6) is 11.5 Å². The zero-order chi connectivity index (χ0) is 16.1. The Kier molecular flexibility index (Phi) is 5.66. The van der Waals surface area contributed by atoms with Gasteiger partial charge in [0.2, 0.25) is 0 Å². The summed E-state index contributed by atoms with van der Waals surface area (Å²) in [7, 11) is 3.27. The van der Waals surface area contributed by atoms with Gasteiger partial charge in [0.25, 0.3) is 0 Å². The lowest BCUT2D eigenvalue weighted by Gasteiger charge is -2.37. The molecule has 0 bridgehead atoms. The molecule has 0 aliphatic carbocycles. The molecule has 0 aromatic heterocycles. The van der Waals surface area contributed by atoms with Crippen molar-refractivity contribution in [3.05, 3.63) is 23.8 Å². The molecule has 1 aromatic carbocycles. The molecule has 2 atom stereocenters. The molecular weight excluding hydrogens is 282 g/mol. The highest BCUT2D eigenvalue weighted by Gasteiger charge is 2.31. The van der Waals surface area contributed by atoms with Crippen molar-refractivity contribution in [1.82, 2.24) is 4.90 Å². The maximum atomic E-state index is 11.3. The lowest BCUT2D eigenvalue weighted by Crippen LogP contribution is -2.40. The largest absolute Gasteiger partial charge is 0.493 e. The fraction of sp³-hybridized carbons (Fsp3) is 0.588. The first-order valence-electron chi connectivity index (χ1n) is 7.80. The van der Waals surface area contributed by atoms with Crippen molar-refractivity contribution in [3.8, 4) is 11.5 Å². The number of likely N-dealkylation sites (tertiary alicyclic amines) is 1. The summed E-state index contributed by atoms with van der Waals surface area (Å²) in [5.74, 6) is 0.483. The molecule has 22 heavy (non-hydrogen) atoms. The molecule has 5 nitrogen and oxygen atoms in total. The molecule has 1 aliphatic rings. The molecule has 2 rings (SSSR count). The molecule has 1 N–H and O–H groups in total. The Morgan fingerprint density at radius 3 is 2.77 bits per heavy atom. The van der Waals surface area contributed by atoms with E-state index < -0.39 is 5.97 Å². The SMILES string of the molecule is CCC(c1cccc(OC)c1OC)N1CCCC(C(=O)O)C1. The van der Waals surface area contributed by atoms with E-state index in [-0.39, 0.29) is 12.0 Å². The summed E-state index contributed by atoms with van der Waals surface area (Å²) in [5.41, 5.74) is 1.07. The summed E-state index contributed by atoms with van der Waals surface area (Å²) < 4.78 is 10.9. The molecule has 5 heteroatoms. The van der Waals surface area contributed by atoms with E-state index >= 15 is 0 Å². The Balaban J connectivity index is 2.30. The third-order valence-corrected chi connectivity index (χ3v) is 4.42. The number of methoxy groups -OCH3 is 2. The Labute approximate surface area is 131 Å².